The van der Waals surface area contributed by atoms with Gasteiger partial charge in [-0.3, -0.25) is 9.59 Å². The van der Waals surface area contributed by atoms with Crippen LogP contribution in [0.1, 0.15) is 18.9 Å². The van der Waals surface area contributed by atoms with E-state index in [1.54, 1.807) is 17.9 Å². The summed E-state index contributed by atoms with van der Waals surface area (Å²) in [5.41, 5.74) is 0.436. The fourth-order valence-corrected chi connectivity index (χ4v) is 4.56. The normalized spacial score (nSPS) is 21.4. The van der Waals surface area contributed by atoms with E-state index in [4.69, 9.17) is 16.3 Å². The van der Waals surface area contributed by atoms with Crippen molar-refractivity contribution in [1.29, 1.82) is 0 Å². The van der Waals surface area contributed by atoms with Crippen LogP contribution in [0.4, 0.5) is 0 Å². The Morgan fingerprint density at radius 3 is 2.70 bits per heavy atom. The molecule has 0 radical (unpaired) electrons. The highest BCUT2D eigenvalue weighted by Crippen LogP contribution is 2.24. The highest BCUT2D eigenvalue weighted by molar-refractivity contribution is 7.92. The van der Waals surface area contributed by atoms with Gasteiger partial charge in [0.1, 0.15) is 17.8 Å². The van der Waals surface area contributed by atoms with Crippen molar-refractivity contribution in [3.8, 4) is 5.75 Å². The zero-order valence-electron chi connectivity index (χ0n) is 16.5. The van der Waals surface area contributed by atoms with Gasteiger partial charge in [0.2, 0.25) is 21.8 Å². The van der Waals surface area contributed by atoms with E-state index < -0.39 is 28.0 Å². The summed E-state index contributed by atoms with van der Waals surface area (Å²) in [6, 6.07) is 2.73. The molecule has 2 aliphatic heterocycles. The molecule has 0 aliphatic carbocycles. The average molecular weight is 458 g/mol. The fraction of sp³-hybridized carbons (Fsp3) is 0.474. The molecular formula is C19H24ClN3O6S. The Kier molecular flexibility index (Phi) is 7.02. The number of ether oxygens (including phenoxy) is 1. The molecule has 11 heteroatoms. The van der Waals surface area contributed by atoms with Crippen LogP contribution in [0.2, 0.25) is 5.02 Å². The molecule has 1 aromatic carbocycles. The van der Waals surface area contributed by atoms with Crippen molar-refractivity contribution in [2.24, 2.45) is 0 Å². The van der Waals surface area contributed by atoms with Gasteiger partial charge in [0.15, 0.2) is 0 Å². The van der Waals surface area contributed by atoms with E-state index >= 15 is 0 Å². The number of hydrogen-bond donors (Lipinski definition) is 2. The average Bonchev–Trinajstić information content (AvgIpc) is 3.08. The molecule has 3 rings (SSSR count). The Morgan fingerprint density at radius 2 is 2.03 bits per heavy atom. The standard InChI is InChI=1S/C19H24ClN3O6S/c1-13(18(25)22-7-9-29-10-8-22)23-6-4-16(19(23)26)21-30(27,28)11-5-14-2-3-15(20)17(24)12-14/h2-3,5,11-13,16,21,24H,4,6-10H2,1H3/t13-,16-/m0/s1. The number of benzene rings is 1. The number of phenolic OH excluding ortho intramolecular Hbond substituents is 1. The molecule has 2 fully saturated rings. The molecule has 9 nitrogen and oxygen atoms in total. The number of phenols is 1. The fourth-order valence-electron chi connectivity index (χ4n) is 3.42. The van der Waals surface area contributed by atoms with Gasteiger partial charge in [-0.2, -0.15) is 4.72 Å². The minimum absolute atomic E-state index is 0.158. The van der Waals surface area contributed by atoms with E-state index in [-0.39, 0.29) is 29.6 Å². The van der Waals surface area contributed by atoms with Crippen LogP contribution in [0.15, 0.2) is 23.6 Å². The Hall–Kier alpha value is -2.14. The molecule has 1 aromatic rings. The summed E-state index contributed by atoms with van der Waals surface area (Å²) < 4.78 is 32.3. The number of likely N-dealkylation sites (tertiary alicyclic amines) is 1. The summed E-state index contributed by atoms with van der Waals surface area (Å²) in [5, 5.41) is 10.7. The van der Waals surface area contributed by atoms with E-state index in [1.807, 2.05) is 0 Å². The Labute approximate surface area is 180 Å². The number of carbonyl (C=O) groups is 2. The highest BCUT2D eigenvalue weighted by atomic mass is 35.5. The van der Waals surface area contributed by atoms with E-state index in [9.17, 15) is 23.1 Å². The third-order valence-corrected chi connectivity index (χ3v) is 6.53. The number of nitrogens with zero attached hydrogens (tertiary/aromatic N) is 2. The van der Waals surface area contributed by atoms with Crippen LogP contribution in [0.25, 0.3) is 6.08 Å². The van der Waals surface area contributed by atoms with Crippen LogP contribution < -0.4 is 4.72 Å². The number of carbonyl (C=O) groups excluding carboxylic acids is 2. The zero-order chi connectivity index (χ0) is 21.9. The second-order valence-corrected chi connectivity index (χ2v) is 9.17. The summed E-state index contributed by atoms with van der Waals surface area (Å²) in [6.45, 7) is 3.83. The van der Waals surface area contributed by atoms with Gasteiger partial charge in [-0.05, 0) is 37.1 Å². The Morgan fingerprint density at radius 1 is 1.33 bits per heavy atom. The van der Waals surface area contributed by atoms with Crippen molar-refractivity contribution in [3.05, 3.63) is 34.2 Å². The molecule has 2 aliphatic rings. The van der Waals surface area contributed by atoms with Crippen molar-refractivity contribution in [3.63, 3.8) is 0 Å². The maximum atomic E-state index is 12.7. The van der Waals surface area contributed by atoms with Crippen LogP contribution >= 0.6 is 11.6 Å². The van der Waals surface area contributed by atoms with Gasteiger partial charge in [-0.1, -0.05) is 17.7 Å². The first kappa shape index (κ1) is 22.5. The molecule has 0 saturated carbocycles. The SMILES string of the molecule is C[C@@H](C(=O)N1CCOCC1)N1CC[C@H](NS(=O)(=O)C=Cc2ccc(Cl)c(O)c2)C1=O. The smallest absolute Gasteiger partial charge is 0.245 e. The van der Waals surface area contributed by atoms with Crippen molar-refractivity contribution in [1.82, 2.24) is 14.5 Å². The lowest BCUT2D eigenvalue weighted by atomic mass is 10.2. The largest absolute Gasteiger partial charge is 0.506 e. The molecule has 2 saturated heterocycles. The van der Waals surface area contributed by atoms with E-state index in [0.717, 1.165) is 5.41 Å². The first-order chi connectivity index (χ1) is 14.2. The summed E-state index contributed by atoms with van der Waals surface area (Å²) in [7, 11) is -3.91. The van der Waals surface area contributed by atoms with Gasteiger partial charge in [0.25, 0.3) is 0 Å². The van der Waals surface area contributed by atoms with Crippen molar-refractivity contribution < 1.29 is 27.9 Å². The number of aromatic hydroxyl groups is 1. The molecule has 2 N–H and O–H groups in total. The van der Waals surface area contributed by atoms with Crippen molar-refractivity contribution >= 4 is 39.5 Å². The second-order valence-electron chi connectivity index (χ2n) is 7.16. The number of morpholine rings is 1. The van der Waals surface area contributed by atoms with Crippen LogP contribution in [0.3, 0.4) is 0 Å². The van der Waals surface area contributed by atoms with E-state index in [2.05, 4.69) is 4.72 Å². The molecule has 0 unspecified atom stereocenters. The molecule has 0 spiro atoms. The molecule has 2 atom stereocenters. The lowest BCUT2D eigenvalue weighted by molar-refractivity contribution is -0.146. The Balaban J connectivity index is 1.61. The van der Waals surface area contributed by atoms with Crippen molar-refractivity contribution in [2.75, 3.05) is 32.8 Å². The quantitative estimate of drug-likeness (QED) is 0.652. The zero-order valence-corrected chi connectivity index (χ0v) is 18.0. The van der Waals surface area contributed by atoms with Gasteiger partial charge in [0.05, 0.1) is 18.2 Å². The number of amides is 2. The number of sulfonamides is 1. The predicted octanol–water partition coefficient (Wildman–Crippen LogP) is 0.784. The second kappa shape index (κ2) is 9.34. The van der Waals surface area contributed by atoms with E-state index in [0.29, 0.717) is 31.9 Å². The molecule has 2 heterocycles. The first-order valence-electron chi connectivity index (χ1n) is 9.54. The lowest BCUT2D eigenvalue weighted by Gasteiger charge is -2.32. The predicted molar refractivity (Wildman–Crippen MR) is 111 cm³/mol. The number of hydrogen-bond acceptors (Lipinski definition) is 6. The third-order valence-electron chi connectivity index (χ3n) is 5.10. The number of rotatable bonds is 6. The van der Waals surface area contributed by atoms with E-state index in [1.165, 1.54) is 23.1 Å². The summed E-state index contributed by atoms with van der Waals surface area (Å²) in [5.74, 6) is -0.757. The summed E-state index contributed by atoms with van der Waals surface area (Å²) in [4.78, 5) is 28.4. The summed E-state index contributed by atoms with van der Waals surface area (Å²) in [6.07, 6.45) is 1.56. The maximum absolute atomic E-state index is 12.7. The van der Waals surface area contributed by atoms with Crippen LogP contribution in [-0.2, 0) is 24.3 Å². The highest BCUT2D eigenvalue weighted by Gasteiger charge is 2.39. The van der Waals surface area contributed by atoms with Crippen LogP contribution in [0.5, 0.6) is 5.75 Å². The van der Waals surface area contributed by atoms with Crippen molar-refractivity contribution in [2.45, 2.75) is 25.4 Å². The molecule has 164 valence electrons. The Bertz CT molecular complexity index is 946. The summed E-state index contributed by atoms with van der Waals surface area (Å²) >= 11 is 5.73. The monoisotopic (exact) mass is 457 g/mol. The van der Waals surface area contributed by atoms with Gasteiger partial charge in [-0.25, -0.2) is 8.42 Å². The minimum Gasteiger partial charge on any atom is -0.506 e. The molecule has 0 bridgehead atoms. The third kappa shape index (κ3) is 5.31. The van der Waals surface area contributed by atoms with Gasteiger partial charge >= 0.3 is 0 Å². The van der Waals surface area contributed by atoms with Crippen LogP contribution in [-0.4, -0.2) is 80.1 Å². The number of halogens is 1. The maximum Gasteiger partial charge on any atom is 0.245 e. The molecule has 30 heavy (non-hydrogen) atoms. The van der Waals surface area contributed by atoms with Crippen LogP contribution in [0, 0.1) is 0 Å². The topological polar surface area (TPSA) is 116 Å². The first-order valence-corrected chi connectivity index (χ1v) is 11.5. The number of nitrogens with one attached hydrogen (secondary N) is 1. The minimum atomic E-state index is -3.91. The van der Waals surface area contributed by atoms with Gasteiger partial charge in [0, 0.05) is 25.0 Å². The molecular weight excluding hydrogens is 434 g/mol. The lowest BCUT2D eigenvalue weighted by Crippen LogP contribution is -2.52. The van der Waals surface area contributed by atoms with Gasteiger partial charge in [-0.15, -0.1) is 0 Å². The molecule has 2 amide bonds. The van der Waals surface area contributed by atoms with Gasteiger partial charge < -0.3 is 19.6 Å². The molecule has 0 aromatic heterocycles.